The summed E-state index contributed by atoms with van der Waals surface area (Å²) >= 11 is 3.38. The number of nitrogens with zero attached hydrogens (tertiary/aromatic N) is 2. The van der Waals surface area contributed by atoms with Crippen molar-refractivity contribution in [2.75, 3.05) is 6.67 Å². The lowest BCUT2D eigenvalue weighted by atomic mass is 10.0. The average molecular weight is 424 g/mol. The van der Waals surface area contributed by atoms with E-state index >= 15 is 0 Å². The molecule has 1 amide bonds. The largest absolute Gasteiger partial charge is 0.346 e. The zero-order valence-corrected chi connectivity index (χ0v) is 16.0. The summed E-state index contributed by atoms with van der Waals surface area (Å²) < 4.78 is 14.6. The summed E-state index contributed by atoms with van der Waals surface area (Å²) in [6.45, 7) is 2.08. The monoisotopic (exact) mass is 423 g/mol. The van der Waals surface area contributed by atoms with Gasteiger partial charge in [0.1, 0.15) is 6.67 Å². The van der Waals surface area contributed by atoms with Crippen LogP contribution >= 0.6 is 15.9 Å². The molecule has 0 aliphatic rings. The van der Waals surface area contributed by atoms with Crippen LogP contribution in [-0.4, -0.2) is 34.2 Å². The number of benzene rings is 1. The third kappa shape index (κ3) is 4.85. The molecule has 138 valence electrons. The van der Waals surface area contributed by atoms with E-state index in [2.05, 4.69) is 26.3 Å². The van der Waals surface area contributed by atoms with E-state index in [4.69, 9.17) is 0 Å². The van der Waals surface area contributed by atoms with Crippen molar-refractivity contribution in [1.29, 1.82) is 0 Å². The van der Waals surface area contributed by atoms with Gasteiger partial charge in [-0.05, 0) is 37.6 Å². The molecule has 1 N–H and O–H groups in total. The first-order valence-corrected chi connectivity index (χ1v) is 8.82. The molecule has 0 aliphatic carbocycles. The predicted molar refractivity (Wildman–Crippen MR) is 98.7 cm³/mol. The van der Waals surface area contributed by atoms with Gasteiger partial charge in [0.05, 0.1) is 18.5 Å². The van der Waals surface area contributed by atoms with Gasteiger partial charge in [-0.3, -0.25) is 14.4 Å². The molecule has 0 saturated heterocycles. The van der Waals surface area contributed by atoms with E-state index < -0.39 is 30.3 Å². The first-order chi connectivity index (χ1) is 12.3. The smallest absolute Gasteiger partial charge is 0.271 e. The number of rotatable bonds is 7. The second-order valence-corrected chi connectivity index (χ2v) is 6.85. The lowest BCUT2D eigenvalue weighted by molar-refractivity contribution is -0.128. The normalized spacial score (nSPS) is 13.1. The molecule has 2 atom stereocenters. The first-order valence-electron chi connectivity index (χ1n) is 8.03. The van der Waals surface area contributed by atoms with Crippen molar-refractivity contribution in [3.8, 4) is 0 Å². The number of amides is 1. The summed E-state index contributed by atoms with van der Waals surface area (Å²) in [6, 6.07) is 8.01. The minimum atomic E-state index is -1.15. The molecule has 2 unspecified atom stereocenters. The zero-order chi connectivity index (χ0) is 19.3. The van der Waals surface area contributed by atoms with Gasteiger partial charge in [0.25, 0.3) is 5.56 Å². The van der Waals surface area contributed by atoms with Gasteiger partial charge < -0.3 is 5.32 Å². The number of carbonyl (C=O) groups excluding carboxylic acids is 2. The SMILES string of the molecule is CC(NC(=O)C(C)c1ccnn(Cc2cccc(Br)c2)c1=O)C(=O)CF. The van der Waals surface area contributed by atoms with Gasteiger partial charge in [0.15, 0.2) is 5.78 Å². The molecule has 2 aromatic rings. The van der Waals surface area contributed by atoms with Crippen LogP contribution in [0.5, 0.6) is 0 Å². The number of aromatic nitrogens is 2. The number of nitrogens with one attached hydrogen (secondary N) is 1. The molecule has 0 bridgehead atoms. The number of halogens is 2. The van der Waals surface area contributed by atoms with Crippen molar-refractivity contribution in [3.63, 3.8) is 0 Å². The Balaban J connectivity index is 2.21. The van der Waals surface area contributed by atoms with Crippen molar-refractivity contribution in [1.82, 2.24) is 15.1 Å². The standard InChI is InChI=1S/C18H19BrFN3O3/c1-11(17(25)22-12(2)16(24)9-20)15-6-7-21-23(18(15)26)10-13-4-3-5-14(19)8-13/h3-8,11-12H,9-10H2,1-2H3,(H,22,25). The van der Waals surface area contributed by atoms with Crippen molar-refractivity contribution in [2.45, 2.75) is 32.4 Å². The lowest BCUT2D eigenvalue weighted by Gasteiger charge is -2.16. The van der Waals surface area contributed by atoms with Crippen LogP contribution in [0.2, 0.25) is 0 Å². The lowest BCUT2D eigenvalue weighted by Crippen LogP contribution is -2.42. The Bertz CT molecular complexity index is 869. The number of alkyl halides is 1. The molecule has 0 fully saturated rings. The van der Waals surface area contributed by atoms with Crippen LogP contribution < -0.4 is 10.9 Å². The maximum atomic E-state index is 12.7. The van der Waals surface area contributed by atoms with Crippen LogP contribution in [0.4, 0.5) is 4.39 Å². The van der Waals surface area contributed by atoms with Crippen LogP contribution in [0.15, 0.2) is 45.8 Å². The van der Waals surface area contributed by atoms with E-state index in [1.165, 1.54) is 23.9 Å². The fourth-order valence-corrected chi connectivity index (χ4v) is 2.84. The summed E-state index contributed by atoms with van der Waals surface area (Å²) in [5.41, 5.74) is 0.748. The predicted octanol–water partition coefficient (Wildman–Crippen LogP) is 2.20. The molecule has 0 radical (unpaired) electrons. The van der Waals surface area contributed by atoms with Gasteiger partial charge in [-0.1, -0.05) is 28.1 Å². The number of hydrogen-bond donors (Lipinski definition) is 1. The summed E-state index contributed by atoms with van der Waals surface area (Å²) in [5, 5.41) is 6.49. The number of Topliss-reactive ketones (excluding diaryl/α,β-unsaturated/α-hetero) is 1. The maximum Gasteiger partial charge on any atom is 0.271 e. The number of hydrogen-bond acceptors (Lipinski definition) is 4. The van der Waals surface area contributed by atoms with Crippen LogP contribution in [-0.2, 0) is 16.1 Å². The Morgan fingerprint density at radius 1 is 1.31 bits per heavy atom. The van der Waals surface area contributed by atoms with Gasteiger partial charge in [-0.2, -0.15) is 5.10 Å². The average Bonchev–Trinajstić information content (AvgIpc) is 2.62. The summed E-state index contributed by atoms with van der Waals surface area (Å²) in [6.07, 6.45) is 1.45. The van der Waals surface area contributed by atoms with Crippen LogP contribution in [0.25, 0.3) is 0 Å². The molecule has 0 saturated carbocycles. The highest BCUT2D eigenvalue weighted by Gasteiger charge is 2.23. The second kappa shape index (κ2) is 8.84. The second-order valence-electron chi connectivity index (χ2n) is 5.93. The summed E-state index contributed by atoms with van der Waals surface area (Å²) in [4.78, 5) is 36.2. The molecule has 1 aromatic carbocycles. The van der Waals surface area contributed by atoms with Gasteiger partial charge in [0.2, 0.25) is 5.91 Å². The van der Waals surface area contributed by atoms with Crippen LogP contribution in [0.1, 0.15) is 30.9 Å². The summed E-state index contributed by atoms with van der Waals surface area (Å²) in [5.74, 6) is -2.03. The molecule has 2 rings (SSSR count). The Morgan fingerprint density at radius 2 is 2.04 bits per heavy atom. The maximum absolute atomic E-state index is 12.7. The van der Waals surface area contributed by atoms with E-state index in [0.717, 1.165) is 10.0 Å². The Labute approximate surface area is 158 Å². The van der Waals surface area contributed by atoms with Gasteiger partial charge in [0, 0.05) is 16.2 Å². The fraction of sp³-hybridized carbons (Fsp3) is 0.333. The van der Waals surface area contributed by atoms with E-state index in [1.54, 1.807) is 6.92 Å². The highest BCUT2D eigenvalue weighted by Crippen LogP contribution is 2.13. The van der Waals surface area contributed by atoms with E-state index in [0.29, 0.717) is 0 Å². The van der Waals surface area contributed by atoms with E-state index in [1.807, 2.05) is 24.3 Å². The zero-order valence-electron chi connectivity index (χ0n) is 14.4. The summed E-state index contributed by atoms with van der Waals surface area (Å²) in [7, 11) is 0. The number of ketones is 1. The molecule has 0 aliphatic heterocycles. The Hall–Kier alpha value is -2.35. The van der Waals surface area contributed by atoms with E-state index in [9.17, 15) is 18.8 Å². The quantitative estimate of drug-likeness (QED) is 0.739. The van der Waals surface area contributed by atoms with E-state index in [-0.39, 0.29) is 17.7 Å². The van der Waals surface area contributed by atoms with Crippen molar-refractivity contribution in [2.24, 2.45) is 0 Å². The third-order valence-corrected chi connectivity index (χ3v) is 4.49. The fourth-order valence-electron chi connectivity index (χ4n) is 2.39. The Morgan fingerprint density at radius 3 is 2.69 bits per heavy atom. The van der Waals surface area contributed by atoms with Crippen LogP contribution in [0, 0.1) is 0 Å². The molecule has 8 heteroatoms. The first kappa shape index (κ1) is 20.0. The van der Waals surface area contributed by atoms with Crippen molar-refractivity contribution < 1.29 is 14.0 Å². The molecule has 1 aromatic heterocycles. The highest BCUT2D eigenvalue weighted by molar-refractivity contribution is 9.10. The molecule has 26 heavy (non-hydrogen) atoms. The molecular formula is C18H19BrFN3O3. The van der Waals surface area contributed by atoms with Crippen molar-refractivity contribution in [3.05, 3.63) is 62.5 Å². The van der Waals surface area contributed by atoms with Gasteiger partial charge in [-0.15, -0.1) is 0 Å². The molecule has 6 nitrogen and oxygen atoms in total. The number of carbonyl (C=O) groups is 2. The minimum Gasteiger partial charge on any atom is -0.346 e. The molecule has 1 heterocycles. The van der Waals surface area contributed by atoms with Gasteiger partial charge >= 0.3 is 0 Å². The minimum absolute atomic E-state index is 0.257. The molecular weight excluding hydrogens is 405 g/mol. The van der Waals surface area contributed by atoms with Gasteiger partial charge in [-0.25, -0.2) is 9.07 Å². The van der Waals surface area contributed by atoms with Crippen LogP contribution in [0.3, 0.4) is 0 Å². The topological polar surface area (TPSA) is 81.1 Å². The third-order valence-electron chi connectivity index (χ3n) is 4.00. The molecule has 0 spiro atoms. The Kier molecular flexibility index (Phi) is 6.79. The highest BCUT2D eigenvalue weighted by atomic mass is 79.9. The van der Waals surface area contributed by atoms with Crippen molar-refractivity contribution >= 4 is 27.6 Å².